The average Bonchev–Trinajstić information content (AvgIpc) is 2.95. The number of aromatic carboxylic acids is 1. The fraction of sp³-hybridized carbons (Fsp3) is 0.231. The zero-order valence-corrected chi connectivity index (χ0v) is 10.6. The van der Waals surface area contributed by atoms with Gasteiger partial charge in [-0.25, -0.2) is 4.79 Å². The SMILES string of the molecule is COc1ccc2c(c1-c1cc(C(=O)O)no1)OCCO2. The van der Waals surface area contributed by atoms with Crippen LogP contribution in [0.1, 0.15) is 10.5 Å². The zero-order chi connectivity index (χ0) is 14.1. The summed E-state index contributed by atoms with van der Waals surface area (Å²) in [5.74, 6) is 0.592. The number of aromatic nitrogens is 1. The van der Waals surface area contributed by atoms with Crippen molar-refractivity contribution in [3.63, 3.8) is 0 Å². The van der Waals surface area contributed by atoms with Gasteiger partial charge in [-0.3, -0.25) is 0 Å². The molecule has 7 heteroatoms. The summed E-state index contributed by atoms with van der Waals surface area (Å²) in [6.45, 7) is 0.850. The molecule has 2 aromatic rings. The average molecular weight is 277 g/mol. The van der Waals surface area contributed by atoms with Crippen LogP contribution in [0.5, 0.6) is 17.2 Å². The van der Waals surface area contributed by atoms with Crippen LogP contribution >= 0.6 is 0 Å². The molecule has 20 heavy (non-hydrogen) atoms. The molecule has 0 spiro atoms. The normalized spacial score (nSPS) is 13.1. The van der Waals surface area contributed by atoms with Crippen LogP contribution in [0.4, 0.5) is 0 Å². The minimum absolute atomic E-state index is 0.184. The summed E-state index contributed by atoms with van der Waals surface area (Å²) in [5, 5.41) is 12.4. The van der Waals surface area contributed by atoms with Crippen molar-refractivity contribution in [2.45, 2.75) is 0 Å². The van der Waals surface area contributed by atoms with Crippen LogP contribution in [0.25, 0.3) is 11.3 Å². The Bertz CT molecular complexity index is 663. The van der Waals surface area contributed by atoms with Gasteiger partial charge in [0.25, 0.3) is 0 Å². The van der Waals surface area contributed by atoms with Gasteiger partial charge in [0, 0.05) is 6.07 Å². The summed E-state index contributed by atoms with van der Waals surface area (Å²) >= 11 is 0. The number of carbonyl (C=O) groups is 1. The van der Waals surface area contributed by atoms with E-state index < -0.39 is 5.97 Å². The maximum atomic E-state index is 10.9. The second kappa shape index (κ2) is 4.76. The number of carboxylic acids is 1. The number of hydrogen-bond acceptors (Lipinski definition) is 6. The van der Waals surface area contributed by atoms with Gasteiger partial charge in [-0.2, -0.15) is 0 Å². The summed E-state index contributed by atoms with van der Waals surface area (Å²) in [5.41, 5.74) is 0.307. The maximum Gasteiger partial charge on any atom is 0.358 e. The van der Waals surface area contributed by atoms with Crippen molar-refractivity contribution < 1.29 is 28.6 Å². The monoisotopic (exact) mass is 277 g/mol. The number of nitrogens with zero attached hydrogens (tertiary/aromatic N) is 1. The third-order valence-electron chi connectivity index (χ3n) is 2.87. The van der Waals surface area contributed by atoms with Crippen molar-refractivity contribution in [2.75, 3.05) is 20.3 Å². The van der Waals surface area contributed by atoms with E-state index >= 15 is 0 Å². The predicted molar refractivity (Wildman–Crippen MR) is 66.4 cm³/mol. The molecule has 104 valence electrons. The van der Waals surface area contributed by atoms with Crippen LogP contribution in [-0.4, -0.2) is 36.6 Å². The third-order valence-corrected chi connectivity index (χ3v) is 2.87. The summed E-state index contributed by atoms with van der Waals surface area (Å²) in [6, 6.07) is 4.75. The first kappa shape index (κ1) is 12.3. The fourth-order valence-corrected chi connectivity index (χ4v) is 2.00. The predicted octanol–water partition coefficient (Wildman–Crippen LogP) is 1.82. The lowest BCUT2D eigenvalue weighted by molar-refractivity contribution is 0.0686. The molecule has 0 fully saturated rings. The van der Waals surface area contributed by atoms with E-state index in [0.29, 0.717) is 36.0 Å². The number of fused-ring (bicyclic) bond motifs is 1. The Morgan fingerprint density at radius 2 is 2.15 bits per heavy atom. The van der Waals surface area contributed by atoms with Crippen LogP contribution < -0.4 is 14.2 Å². The van der Waals surface area contributed by atoms with Gasteiger partial charge in [-0.1, -0.05) is 5.16 Å². The largest absolute Gasteiger partial charge is 0.496 e. The molecule has 0 radical (unpaired) electrons. The van der Waals surface area contributed by atoms with E-state index in [9.17, 15) is 4.79 Å². The van der Waals surface area contributed by atoms with Gasteiger partial charge in [0.2, 0.25) is 0 Å². The van der Waals surface area contributed by atoms with Gasteiger partial charge in [-0.15, -0.1) is 0 Å². The lowest BCUT2D eigenvalue weighted by atomic mass is 10.1. The molecule has 7 nitrogen and oxygen atoms in total. The molecule has 1 N–H and O–H groups in total. The van der Waals surface area contributed by atoms with Crippen molar-refractivity contribution in [2.24, 2.45) is 0 Å². The lowest BCUT2D eigenvalue weighted by Gasteiger charge is -2.21. The van der Waals surface area contributed by atoms with E-state index in [1.807, 2.05) is 0 Å². The van der Waals surface area contributed by atoms with Gasteiger partial charge < -0.3 is 23.8 Å². The second-order valence-corrected chi connectivity index (χ2v) is 4.05. The molecule has 2 heterocycles. The first-order valence-electron chi connectivity index (χ1n) is 5.87. The van der Waals surface area contributed by atoms with E-state index in [1.165, 1.54) is 13.2 Å². The van der Waals surface area contributed by atoms with Crippen molar-refractivity contribution in [1.29, 1.82) is 0 Å². The molecular weight excluding hydrogens is 266 g/mol. The van der Waals surface area contributed by atoms with E-state index in [2.05, 4.69) is 5.16 Å². The molecule has 0 aliphatic carbocycles. The van der Waals surface area contributed by atoms with Gasteiger partial charge in [0.1, 0.15) is 24.5 Å². The number of benzene rings is 1. The van der Waals surface area contributed by atoms with E-state index in [1.54, 1.807) is 12.1 Å². The Morgan fingerprint density at radius 1 is 1.35 bits per heavy atom. The molecule has 3 rings (SSSR count). The highest BCUT2D eigenvalue weighted by Crippen LogP contribution is 2.45. The first-order valence-corrected chi connectivity index (χ1v) is 5.87. The highest BCUT2D eigenvalue weighted by atomic mass is 16.6. The van der Waals surface area contributed by atoms with Crippen molar-refractivity contribution in [3.05, 3.63) is 23.9 Å². The topological polar surface area (TPSA) is 91.0 Å². The summed E-state index contributed by atoms with van der Waals surface area (Å²) in [7, 11) is 1.50. The quantitative estimate of drug-likeness (QED) is 0.914. The van der Waals surface area contributed by atoms with Gasteiger partial charge in [0.15, 0.2) is 23.0 Å². The first-order chi connectivity index (χ1) is 9.70. The summed E-state index contributed by atoms with van der Waals surface area (Å²) in [4.78, 5) is 10.9. The van der Waals surface area contributed by atoms with Gasteiger partial charge in [-0.05, 0) is 12.1 Å². The van der Waals surface area contributed by atoms with Crippen LogP contribution in [0.3, 0.4) is 0 Å². The number of ether oxygens (including phenoxy) is 3. The third kappa shape index (κ3) is 1.93. The van der Waals surface area contributed by atoms with Crippen molar-refractivity contribution in [3.8, 4) is 28.6 Å². The number of carboxylic acid groups (broad SMARTS) is 1. The molecular formula is C13H11NO6. The Morgan fingerprint density at radius 3 is 2.85 bits per heavy atom. The molecule has 0 saturated carbocycles. The highest BCUT2D eigenvalue weighted by molar-refractivity contribution is 5.87. The van der Waals surface area contributed by atoms with Crippen LogP contribution in [0, 0.1) is 0 Å². The summed E-state index contributed by atoms with van der Waals surface area (Å²) in [6.07, 6.45) is 0. The highest BCUT2D eigenvalue weighted by Gasteiger charge is 2.25. The Kier molecular flexibility index (Phi) is 2.94. The molecule has 1 aromatic carbocycles. The molecule has 1 aromatic heterocycles. The minimum atomic E-state index is -1.17. The fourth-order valence-electron chi connectivity index (χ4n) is 2.00. The lowest BCUT2D eigenvalue weighted by Crippen LogP contribution is -2.16. The Balaban J connectivity index is 2.17. The van der Waals surface area contributed by atoms with E-state index in [4.69, 9.17) is 23.8 Å². The van der Waals surface area contributed by atoms with E-state index in [0.717, 1.165) is 0 Å². The molecule has 0 amide bonds. The summed E-state index contributed by atoms with van der Waals surface area (Å²) < 4.78 is 21.4. The van der Waals surface area contributed by atoms with Gasteiger partial charge in [0.05, 0.1) is 7.11 Å². The standard InChI is InChI=1S/C13H11NO6/c1-17-8-2-3-9-12(19-5-4-18-9)11(8)10-6-7(13(15)16)14-20-10/h2-3,6H,4-5H2,1H3,(H,15,16). The number of rotatable bonds is 3. The number of methoxy groups -OCH3 is 1. The van der Waals surface area contributed by atoms with Crippen molar-refractivity contribution in [1.82, 2.24) is 5.16 Å². The van der Waals surface area contributed by atoms with Crippen LogP contribution in [-0.2, 0) is 0 Å². The van der Waals surface area contributed by atoms with Crippen LogP contribution in [0.2, 0.25) is 0 Å². The van der Waals surface area contributed by atoms with Crippen LogP contribution in [0.15, 0.2) is 22.7 Å². The molecule has 0 saturated heterocycles. The molecule has 1 aliphatic heterocycles. The maximum absolute atomic E-state index is 10.9. The smallest absolute Gasteiger partial charge is 0.358 e. The number of hydrogen-bond donors (Lipinski definition) is 1. The van der Waals surface area contributed by atoms with Crippen molar-refractivity contribution >= 4 is 5.97 Å². The molecule has 0 unspecified atom stereocenters. The molecule has 0 bridgehead atoms. The molecule has 0 atom stereocenters. The Labute approximate surface area is 113 Å². The van der Waals surface area contributed by atoms with E-state index in [-0.39, 0.29) is 11.5 Å². The Hall–Kier alpha value is -2.70. The second-order valence-electron chi connectivity index (χ2n) is 4.05. The van der Waals surface area contributed by atoms with Gasteiger partial charge >= 0.3 is 5.97 Å². The zero-order valence-electron chi connectivity index (χ0n) is 10.6. The minimum Gasteiger partial charge on any atom is -0.496 e. The molecule has 1 aliphatic rings.